The van der Waals surface area contributed by atoms with Crippen molar-refractivity contribution in [2.24, 2.45) is 21.1 Å². The number of nitrogens with zero attached hydrogens (tertiary/aromatic N) is 8. The minimum atomic E-state index is -4.54. The maximum absolute atomic E-state index is 13.4. The van der Waals surface area contributed by atoms with Crippen molar-refractivity contribution in [2.45, 2.75) is 25.6 Å². The van der Waals surface area contributed by atoms with E-state index in [2.05, 4.69) is 20.3 Å². The lowest BCUT2D eigenvalue weighted by molar-refractivity contribution is -0.141. The Hall–Kier alpha value is -3.70. The van der Waals surface area contributed by atoms with Gasteiger partial charge in [-0.05, 0) is 25.5 Å². The van der Waals surface area contributed by atoms with Gasteiger partial charge < -0.3 is 4.90 Å². The van der Waals surface area contributed by atoms with Gasteiger partial charge >= 0.3 is 6.18 Å². The van der Waals surface area contributed by atoms with Gasteiger partial charge in [-0.3, -0.25) is 23.8 Å². The van der Waals surface area contributed by atoms with E-state index in [1.54, 1.807) is 46.8 Å². The predicted octanol–water partition coefficient (Wildman–Crippen LogP) is 2.88. The van der Waals surface area contributed by atoms with Gasteiger partial charge in [0.25, 0.3) is 5.91 Å². The first-order valence-electron chi connectivity index (χ1n) is 10.3. The number of fused-ring (bicyclic) bond motifs is 2. The molecule has 0 spiro atoms. The molecule has 172 valence electrons. The molecule has 12 heteroatoms. The third kappa shape index (κ3) is 3.19. The number of amides is 1. The van der Waals surface area contributed by atoms with Crippen LogP contribution >= 0.6 is 0 Å². The predicted molar refractivity (Wildman–Crippen MR) is 112 cm³/mol. The number of aromatic nitrogens is 7. The normalized spacial score (nSPS) is 16.5. The molecule has 1 aliphatic rings. The minimum absolute atomic E-state index is 0.237. The summed E-state index contributed by atoms with van der Waals surface area (Å²) >= 11 is 0. The molecule has 4 aromatic heterocycles. The molecule has 1 amide bonds. The number of hydrogen-bond acceptors (Lipinski definition) is 5. The molecule has 33 heavy (non-hydrogen) atoms. The number of halogens is 3. The number of pyridine rings is 1. The fourth-order valence-corrected chi connectivity index (χ4v) is 4.55. The van der Waals surface area contributed by atoms with E-state index in [4.69, 9.17) is 0 Å². The fourth-order valence-electron chi connectivity index (χ4n) is 4.55. The van der Waals surface area contributed by atoms with Gasteiger partial charge in [0, 0.05) is 39.4 Å². The molecule has 1 atom stereocenters. The molecule has 0 saturated carbocycles. The molecule has 0 bridgehead atoms. The molecule has 5 heterocycles. The summed E-state index contributed by atoms with van der Waals surface area (Å²) in [6, 6.07) is 2.45. The first-order valence-corrected chi connectivity index (χ1v) is 10.3. The van der Waals surface area contributed by atoms with Crippen molar-refractivity contribution in [3.63, 3.8) is 0 Å². The topological polar surface area (TPSA) is 86.7 Å². The minimum Gasteiger partial charge on any atom is -0.329 e. The average Bonchev–Trinajstić information content (AvgIpc) is 3.42. The number of carbonyl (C=O) groups excluding carboxylic acids is 1. The summed E-state index contributed by atoms with van der Waals surface area (Å²) in [6.45, 7) is 2.24. The van der Waals surface area contributed by atoms with Gasteiger partial charge in [0.05, 0.1) is 40.2 Å². The van der Waals surface area contributed by atoms with E-state index in [0.717, 1.165) is 17.1 Å². The van der Waals surface area contributed by atoms with Crippen molar-refractivity contribution in [3.8, 4) is 11.4 Å². The van der Waals surface area contributed by atoms with Gasteiger partial charge in [-0.2, -0.15) is 28.5 Å². The first kappa shape index (κ1) is 21.2. The standard InChI is InChI=1S/C21H21F3N8O/c1-11-17-12(19(31(4)28-17)15-9-16(21(22,23)24)27-30(15)3)6-8-32(11)20(33)18-13-10-26-29(2)14(13)5-7-25-18/h5,7,9-11H,6,8H2,1-4H3. The smallest absolute Gasteiger partial charge is 0.329 e. The fraction of sp³-hybridized carbons (Fsp3) is 0.381. The van der Waals surface area contributed by atoms with E-state index < -0.39 is 11.9 Å². The molecule has 0 fully saturated rings. The maximum Gasteiger partial charge on any atom is 0.435 e. The Morgan fingerprint density at radius 1 is 1.12 bits per heavy atom. The SMILES string of the molecule is CC1c2nn(C)c(-c3cc(C(F)(F)F)nn3C)c2CCN1C(=O)c1nccc2c1cnn2C. The molecule has 1 aliphatic heterocycles. The highest BCUT2D eigenvalue weighted by Gasteiger charge is 2.38. The van der Waals surface area contributed by atoms with Crippen LogP contribution < -0.4 is 0 Å². The van der Waals surface area contributed by atoms with Crippen molar-refractivity contribution in [3.05, 3.63) is 47.2 Å². The lowest BCUT2D eigenvalue weighted by atomic mass is 9.96. The molecule has 0 radical (unpaired) electrons. The van der Waals surface area contributed by atoms with E-state index >= 15 is 0 Å². The number of carbonyl (C=O) groups is 1. The van der Waals surface area contributed by atoms with Crippen LogP contribution in [0, 0.1) is 0 Å². The highest BCUT2D eigenvalue weighted by Crippen LogP contribution is 2.38. The Bertz CT molecular complexity index is 1400. The number of alkyl halides is 3. The van der Waals surface area contributed by atoms with Crippen molar-refractivity contribution in [1.29, 1.82) is 0 Å². The van der Waals surface area contributed by atoms with Gasteiger partial charge in [-0.25, -0.2) is 0 Å². The van der Waals surface area contributed by atoms with Crippen molar-refractivity contribution >= 4 is 16.8 Å². The zero-order chi connectivity index (χ0) is 23.7. The van der Waals surface area contributed by atoms with E-state index in [9.17, 15) is 18.0 Å². The quantitative estimate of drug-likeness (QED) is 0.461. The third-order valence-electron chi connectivity index (χ3n) is 6.19. The van der Waals surface area contributed by atoms with Gasteiger partial charge in [-0.15, -0.1) is 0 Å². The van der Waals surface area contributed by atoms with E-state index in [0.29, 0.717) is 41.1 Å². The highest BCUT2D eigenvalue weighted by atomic mass is 19.4. The van der Waals surface area contributed by atoms with Crippen LogP contribution in [-0.4, -0.2) is 51.7 Å². The Morgan fingerprint density at radius 3 is 2.58 bits per heavy atom. The van der Waals surface area contributed by atoms with Crippen LogP contribution in [-0.2, 0) is 33.7 Å². The second-order valence-electron chi connectivity index (χ2n) is 8.16. The van der Waals surface area contributed by atoms with E-state index in [-0.39, 0.29) is 11.9 Å². The molecule has 0 aromatic carbocycles. The average molecular weight is 458 g/mol. The summed E-state index contributed by atoms with van der Waals surface area (Å²) in [7, 11) is 4.96. The summed E-state index contributed by atoms with van der Waals surface area (Å²) in [5.74, 6) is -0.237. The van der Waals surface area contributed by atoms with Crippen LogP contribution in [0.2, 0.25) is 0 Å². The van der Waals surface area contributed by atoms with E-state index in [1.165, 1.54) is 11.7 Å². The van der Waals surface area contributed by atoms with E-state index in [1.807, 2.05) is 6.92 Å². The summed E-state index contributed by atoms with van der Waals surface area (Å²) < 4.78 is 44.0. The lowest BCUT2D eigenvalue weighted by Gasteiger charge is -2.32. The molecule has 1 unspecified atom stereocenters. The molecule has 0 aliphatic carbocycles. The summed E-state index contributed by atoms with van der Waals surface area (Å²) in [4.78, 5) is 19.4. The van der Waals surface area contributed by atoms with Gasteiger partial charge in [0.1, 0.15) is 5.69 Å². The van der Waals surface area contributed by atoms with Gasteiger partial charge in [-0.1, -0.05) is 0 Å². The molecule has 5 rings (SSSR count). The van der Waals surface area contributed by atoms with Crippen LogP contribution in [0.15, 0.2) is 24.5 Å². The zero-order valence-corrected chi connectivity index (χ0v) is 18.4. The molecule has 9 nitrogen and oxygen atoms in total. The summed E-state index contributed by atoms with van der Waals surface area (Å²) in [5, 5.41) is 13.1. The summed E-state index contributed by atoms with van der Waals surface area (Å²) in [5.41, 5.74) is 2.53. The Balaban J connectivity index is 1.53. The van der Waals surface area contributed by atoms with Gasteiger partial charge in [0.2, 0.25) is 0 Å². The van der Waals surface area contributed by atoms with Crippen molar-refractivity contribution in [1.82, 2.24) is 39.2 Å². The summed E-state index contributed by atoms with van der Waals surface area (Å²) in [6.07, 6.45) is -0.887. The van der Waals surface area contributed by atoms with Crippen molar-refractivity contribution < 1.29 is 18.0 Å². The molecule has 4 aromatic rings. The van der Waals surface area contributed by atoms with Crippen molar-refractivity contribution in [2.75, 3.05) is 6.54 Å². The number of rotatable bonds is 2. The highest BCUT2D eigenvalue weighted by molar-refractivity contribution is 6.04. The van der Waals surface area contributed by atoms with Crippen LogP contribution in [0.3, 0.4) is 0 Å². The largest absolute Gasteiger partial charge is 0.435 e. The second kappa shape index (κ2) is 7.15. The van der Waals surface area contributed by atoms with Gasteiger partial charge in [0.15, 0.2) is 5.69 Å². The maximum atomic E-state index is 13.4. The third-order valence-corrected chi connectivity index (χ3v) is 6.19. The Morgan fingerprint density at radius 2 is 1.88 bits per heavy atom. The number of hydrogen-bond donors (Lipinski definition) is 0. The Labute approximate surface area is 186 Å². The Kier molecular flexibility index (Phi) is 4.59. The molecular formula is C21H21F3N8O. The molecular weight excluding hydrogens is 437 g/mol. The zero-order valence-electron chi connectivity index (χ0n) is 18.4. The lowest BCUT2D eigenvalue weighted by Crippen LogP contribution is -2.39. The molecule has 0 N–H and O–H groups in total. The monoisotopic (exact) mass is 458 g/mol. The number of aryl methyl sites for hydroxylation is 3. The second-order valence-corrected chi connectivity index (χ2v) is 8.16. The van der Waals surface area contributed by atoms with Crippen LogP contribution in [0.4, 0.5) is 13.2 Å². The van der Waals surface area contributed by atoms with Crippen LogP contribution in [0.1, 0.15) is 40.4 Å². The molecule has 0 saturated heterocycles. The van der Waals surface area contributed by atoms with Crippen LogP contribution in [0.25, 0.3) is 22.3 Å². The van der Waals surface area contributed by atoms with Crippen LogP contribution in [0.5, 0.6) is 0 Å². The first-order chi connectivity index (χ1) is 15.6.